The number of para-hydroxylation sites is 1. The number of carbonyl (C=O) groups is 1. The topological polar surface area (TPSA) is 55.1 Å². The van der Waals surface area contributed by atoms with Gasteiger partial charge < -0.3 is 11.1 Å². The molecule has 1 amide bonds. The van der Waals surface area contributed by atoms with Gasteiger partial charge in [0.25, 0.3) is 0 Å². The fourth-order valence-corrected chi connectivity index (χ4v) is 2.31. The number of hydrogen-bond donors (Lipinski definition) is 2. The Bertz CT molecular complexity index is 382. The summed E-state index contributed by atoms with van der Waals surface area (Å²) in [5.74, 6) is 1.18. The molecule has 1 aromatic carbocycles. The maximum Gasteiger partial charge on any atom is 0.220 e. The number of anilines is 1. The first-order valence-corrected chi connectivity index (χ1v) is 7.64. The standard InChI is InChI=1S/C14H22N2OS/c1-11(9-10-18-2)16-14(17)8-7-12-5-3-4-6-13(12)15/h3-6,11H,7-10,15H2,1-2H3,(H,16,17). The highest BCUT2D eigenvalue weighted by Crippen LogP contribution is 2.12. The van der Waals surface area contributed by atoms with Crippen LogP contribution in [0.1, 0.15) is 25.3 Å². The van der Waals surface area contributed by atoms with Gasteiger partial charge in [0.2, 0.25) is 5.91 Å². The Morgan fingerprint density at radius 3 is 2.83 bits per heavy atom. The second-order valence-electron chi connectivity index (χ2n) is 4.45. The van der Waals surface area contributed by atoms with Crippen LogP contribution in [0.2, 0.25) is 0 Å². The number of nitrogen functional groups attached to an aromatic ring is 1. The van der Waals surface area contributed by atoms with E-state index in [1.165, 1.54) is 0 Å². The highest BCUT2D eigenvalue weighted by molar-refractivity contribution is 7.98. The number of carbonyl (C=O) groups excluding carboxylic acids is 1. The van der Waals surface area contributed by atoms with Crippen LogP contribution in [0.25, 0.3) is 0 Å². The molecule has 0 radical (unpaired) electrons. The summed E-state index contributed by atoms with van der Waals surface area (Å²) in [6, 6.07) is 7.94. The van der Waals surface area contributed by atoms with E-state index in [0.717, 1.165) is 23.4 Å². The average molecular weight is 266 g/mol. The van der Waals surface area contributed by atoms with Gasteiger partial charge in [-0.25, -0.2) is 0 Å². The van der Waals surface area contributed by atoms with Crippen molar-refractivity contribution in [1.82, 2.24) is 5.32 Å². The van der Waals surface area contributed by atoms with E-state index in [-0.39, 0.29) is 11.9 Å². The fourth-order valence-electron chi connectivity index (χ4n) is 1.72. The number of aryl methyl sites for hydroxylation is 1. The number of benzene rings is 1. The van der Waals surface area contributed by atoms with Crippen molar-refractivity contribution in [2.24, 2.45) is 0 Å². The maximum absolute atomic E-state index is 11.7. The van der Waals surface area contributed by atoms with Crippen LogP contribution in [0.5, 0.6) is 0 Å². The Hall–Kier alpha value is -1.16. The van der Waals surface area contributed by atoms with Crippen molar-refractivity contribution < 1.29 is 4.79 Å². The number of amides is 1. The lowest BCUT2D eigenvalue weighted by Gasteiger charge is -2.13. The molecule has 0 heterocycles. The monoisotopic (exact) mass is 266 g/mol. The van der Waals surface area contributed by atoms with Crippen LogP contribution in [0.15, 0.2) is 24.3 Å². The first-order valence-electron chi connectivity index (χ1n) is 6.25. The zero-order valence-electron chi connectivity index (χ0n) is 11.1. The van der Waals surface area contributed by atoms with Crippen LogP contribution in [0.4, 0.5) is 5.69 Å². The summed E-state index contributed by atoms with van der Waals surface area (Å²) < 4.78 is 0. The minimum Gasteiger partial charge on any atom is -0.399 e. The number of nitrogens with two attached hydrogens (primary N) is 1. The molecule has 4 heteroatoms. The lowest BCUT2D eigenvalue weighted by atomic mass is 10.1. The van der Waals surface area contributed by atoms with Crippen molar-refractivity contribution in [2.75, 3.05) is 17.7 Å². The third-order valence-electron chi connectivity index (χ3n) is 2.84. The summed E-state index contributed by atoms with van der Waals surface area (Å²) in [5, 5.41) is 3.01. The van der Waals surface area contributed by atoms with Crippen LogP contribution in [-0.4, -0.2) is 24.0 Å². The molecule has 3 N–H and O–H groups in total. The molecular formula is C14H22N2OS. The molecule has 1 unspecified atom stereocenters. The van der Waals surface area contributed by atoms with Crippen molar-refractivity contribution in [3.8, 4) is 0 Å². The number of nitrogens with one attached hydrogen (secondary N) is 1. The van der Waals surface area contributed by atoms with Gasteiger partial charge in [-0.05, 0) is 43.4 Å². The molecule has 0 aromatic heterocycles. The molecule has 0 saturated heterocycles. The summed E-state index contributed by atoms with van der Waals surface area (Å²) in [6.45, 7) is 2.05. The average Bonchev–Trinajstić information content (AvgIpc) is 2.35. The smallest absolute Gasteiger partial charge is 0.220 e. The minimum absolute atomic E-state index is 0.104. The Balaban J connectivity index is 2.31. The zero-order valence-corrected chi connectivity index (χ0v) is 11.9. The van der Waals surface area contributed by atoms with Crippen molar-refractivity contribution in [3.63, 3.8) is 0 Å². The van der Waals surface area contributed by atoms with E-state index in [0.29, 0.717) is 12.8 Å². The molecule has 18 heavy (non-hydrogen) atoms. The second-order valence-corrected chi connectivity index (χ2v) is 5.43. The van der Waals surface area contributed by atoms with E-state index in [2.05, 4.69) is 11.6 Å². The van der Waals surface area contributed by atoms with Gasteiger partial charge in [-0.15, -0.1) is 0 Å². The maximum atomic E-state index is 11.7. The number of rotatable bonds is 7. The number of thioether (sulfide) groups is 1. The first kappa shape index (κ1) is 14.9. The van der Waals surface area contributed by atoms with Crippen molar-refractivity contribution in [3.05, 3.63) is 29.8 Å². The van der Waals surface area contributed by atoms with Crippen molar-refractivity contribution in [1.29, 1.82) is 0 Å². The highest BCUT2D eigenvalue weighted by atomic mass is 32.2. The Labute approximate surface area is 114 Å². The molecule has 0 bridgehead atoms. The Morgan fingerprint density at radius 2 is 2.17 bits per heavy atom. The van der Waals surface area contributed by atoms with Gasteiger partial charge in [0.15, 0.2) is 0 Å². The predicted octanol–water partition coefficient (Wildman–Crippen LogP) is 2.46. The highest BCUT2D eigenvalue weighted by Gasteiger charge is 2.08. The van der Waals surface area contributed by atoms with E-state index in [1.54, 1.807) is 11.8 Å². The molecule has 0 aliphatic heterocycles. The minimum atomic E-state index is 0.104. The van der Waals surface area contributed by atoms with Crippen LogP contribution >= 0.6 is 11.8 Å². The SMILES string of the molecule is CSCCC(C)NC(=O)CCc1ccccc1N. The van der Waals surface area contributed by atoms with E-state index in [1.807, 2.05) is 31.2 Å². The quantitative estimate of drug-likeness (QED) is 0.745. The molecule has 0 aliphatic rings. The molecule has 0 saturated carbocycles. The summed E-state index contributed by atoms with van der Waals surface area (Å²) >= 11 is 1.80. The summed E-state index contributed by atoms with van der Waals surface area (Å²) in [4.78, 5) is 11.7. The van der Waals surface area contributed by atoms with Gasteiger partial charge in [-0.2, -0.15) is 11.8 Å². The summed E-state index contributed by atoms with van der Waals surface area (Å²) in [6.07, 6.45) is 4.29. The molecule has 0 fully saturated rings. The summed E-state index contributed by atoms with van der Waals surface area (Å²) in [7, 11) is 0. The largest absolute Gasteiger partial charge is 0.399 e. The van der Waals surface area contributed by atoms with Crippen LogP contribution < -0.4 is 11.1 Å². The molecule has 0 spiro atoms. The third-order valence-corrected chi connectivity index (χ3v) is 3.48. The van der Waals surface area contributed by atoms with Gasteiger partial charge in [-0.1, -0.05) is 18.2 Å². The molecular weight excluding hydrogens is 244 g/mol. The Morgan fingerprint density at radius 1 is 1.44 bits per heavy atom. The van der Waals surface area contributed by atoms with Gasteiger partial charge in [0.05, 0.1) is 0 Å². The van der Waals surface area contributed by atoms with Gasteiger partial charge in [-0.3, -0.25) is 4.79 Å². The van der Waals surface area contributed by atoms with Crippen molar-refractivity contribution >= 4 is 23.4 Å². The molecule has 1 aromatic rings. The summed E-state index contributed by atoms with van der Waals surface area (Å²) in [5.41, 5.74) is 7.65. The molecule has 1 rings (SSSR count). The van der Waals surface area contributed by atoms with Gasteiger partial charge in [0.1, 0.15) is 0 Å². The molecule has 1 atom stereocenters. The predicted molar refractivity (Wildman–Crippen MR) is 79.8 cm³/mol. The van der Waals surface area contributed by atoms with Gasteiger partial charge >= 0.3 is 0 Å². The van der Waals surface area contributed by atoms with Crippen molar-refractivity contribution in [2.45, 2.75) is 32.2 Å². The third kappa shape index (κ3) is 5.45. The van der Waals surface area contributed by atoms with E-state index < -0.39 is 0 Å². The van der Waals surface area contributed by atoms with Crippen LogP contribution in [0.3, 0.4) is 0 Å². The lowest BCUT2D eigenvalue weighted by Crippen LogP contribution is -2.33. The Kier molecular flexibility index (Phi) is 6.65. The van der Waals surface area contributed by atoms with Gasteiger partial charge in [0, 0.05) is 18.2 Å². The first-order chi connectivity index (χ1) is 8.63. The van der Waals surface area contributed by atoms with Crippen LogP contribution in [0, 0.1) is 0 Å². The normalized spacial score (nSPS) is 12.1. The molecule has 100 valence electrons. The lowest BCUT2D eigenvalue weighted by molar-refractivity contribution is -0.121. The van der Waals surface area contributed by atoms with Crippen LogP contribution in [-0.2, 0) is 11.2 Å². The second kappa shape index (κ2) is 8.03. The number of hydrogen-bond acceptors (Lipinski definition) is 3. The van der Waals surface area contributed by atoms with E-state index >= 15 is 0 Å². The molecule has 3 nitrogen and oxygen atoms in total. The zero-order chi connectivity index (χ0) is 13.4. The molecule has 0 aliphatic carbocycles. The fraction of sp³-hybridized carbons (Fsp3) is 0.500. The van der Waals surface area contributed by atoms with E-state index in [9.17, 15) is 4.79 Å². The van der Waals surface area contributed by atoms with E-state index in [4.69, 9.17) is 5.73 Å².